The quantitative estimate of drug-likeness (QED) is 0.122. The van der Waals surface area contributed by atoms with E-state index in [4.69, 9.17) is 9.94 Å². The Morgan fingerprint density at radius 1 is 1.32 bits per heavy atom. The van der Waals surface area contributed by atoms with Gasteiger partial charge in [-0.25, -0.2) is 9.78 Å². The van der Waals surface area contributed by atoms with Crippen molar-refractivity contribution in [1.82, 2.24) is 35.0 Å². The summed E-state index contributed by atoms with van der Waals surface area (Å²) in [6.07, 6.45) is 1.45. The molecule has 0 aromatic carbocycles. The minimum Gasteiger partial charge on any atom is -0.481 e. The van der Waals surface area contributed by atoms with Gasteiger partial charge in [0.05, 0.1) is 5.51 Å². The predicted molar refractivity (Wildman–Crippen MR) is 134 cm³/mol. The molecule has 0 spiro atoms. The molecule has 5 heterocycles. The summed E-state index contributed by atoms with van der Waals surface area (Å²) in [5.74, 6) is -3.12. The fraction of sp³-hybridized carbons (Fsp3) is 0.350. The molecule has 2 saturated heterocycles. The number of nitrogens with zero attached hydrogens (tertiary/aromatic N) is 7. The Morgan fingerprint density at radius 2 is 2.16 bits per heavy atom. The van der Waals surface area contributed by atoms with Crippen LogP contribution in [0.25, 0.3) is 5.65 Å². The fourth-order valence-electron chi connectivity index (χ4n) is 3.80. The van der Waals surface area contributed by atoms with Gasteiger partial charge < -0.3 is 25.3 Å². The maximum absolute atomic E-state index is 13.0. The zero-order chi connectivity index (χ0) is 26.9. The van der Waals surface area contributed by atoms with Crippen LogP contribution < -0.4 is 5.32 Å². The molecule has 15 nitrogen and oxygen atoms in total. The number of carbonyl (C=O) groups excluding carboxylic acids is 2. The van der Waals surface area contributed by atoms with E-state index >= 15 is 0 Å². The van der Waals surface area contributed by atoms with Crippen molar-refractivity contribution in [1.29, 1.82) is 0 Å². The van der Waals surface area contributed by atoms with Crippen LogP contribution in [-0.4, -0.2) is 105 Å². The summed E-state index contributed by atoms with van der Waals surface area (Å²) in [4.78, 5) is 59.1. The predicted octanol–water partition coefficient (Wildman–Crippen LogP) is -0.351. The Kier molecular flexibility index (Phi) is 7.17. The molecule has 0 aliphatic carbocycles. The molecule has 3 atom stereocenters. The zero-order valence-corrected chi connectivity index (χ0v) is 21.6. The van der Waals surface area contributed by atoms with Crippen LogP contribution in [0.15, 0.2) is 39.5 Å². The van der Waals surface area contributed by atoms with Crippen molar-refractivity contribution in [2.75, 3.05) is 24.7 Å². The van der Waals surface area contributed by atoms with E-state index in [0.29, 0.717) is 10.7 Å². The lowest BCUT2D eigenvalue weighted by Crippen LogP contribution is -2.74. The second kappa shape index (κ2) is 10.5. The topological polar surface area (TPSA) is 202 Å². The summed E-state index contributed by atoms with van der Waals surface area (Å²) < 4.78 is 1.49. The minimum absolute atomic E-state index is 0.0260. The number of aliphatic carboxylic acids is 2. The van der Waals surface area contributed by atoms with Crippen molar-refractivity contribution >= 4 is 70.0 Å². The van der Waals surface area contributed by atoms with Crippen molar-refractivity contribution in [3.05, 3.63) is 35.0 Å². The summed E-state index contributed by atoms with van der Waals surface area (Å²) in [6.45, 7) is -0.783. The summed E-state index contributed by atoms with van der Waals surface area (Å²) in [5.41, 5.74) is 0.699. The van der Waals surface area contributed by atoms with Crippen molar-refractivity contribution in [3.8, 4) is 0 Å². The third-order valence-electron chi connectivity index (χ3n) is 5.75. The molecule has 38 heavy (non-hydrogen) atoms. The van der Waals surface area contributed by atoms with Crippen LogP contribution in [-0.2, 0) is 24.0 Å². The lowest BCUT2D eigenvalue weighted by Gasteiger charge is -2.53. The van der Waals surface area contributed by atoms with Gasteiger partial charge in [-0.15, -0.1) is 45.1 Å². The number of aromatic nitrogens is 5. The number of hydrogen-bond acceptors (Lipinski definition) is 13. The van der Waals surface area contributed by atoms with Crippen LogP contribution in [0.1, 0.15) is 5.69 Å². The highest BCUT2D eigenvalue weighted by Crippen LogP contribution is 2.44. The molecule has 3 aromatic heterocycles. The maximum atomic E-state index is 13.0. The van der Waals surface area contributed by atoms with Crippen LogP contribution in [0.2, 0.25) is 0 Å². The molecular formula is C20H18N8O7S3. The SMILES string of the molecule is O=C(O)CON=C(C(=O)NC1C(=O)N2CC(CSc3ccc4nncn4n3)(C(=O)O)CS[C@H]12)c1cscn1. The largest absolute Gasteiger partial charge is 0.481 e. The van der Waals surface area contributed by atoms with Crippen molar-refractivity contribution in [3.63, 3.8) is 0 Å². The maximum Gasteiger partial charge on any atom is 0.344 e. The molecule has 3 aromatic rings. The second-order valence-corrected chi connectivity index (χ2v) is 11.1. The number of carboxylic acid groups (broad SMARTS) is 2. The number of thiazole rings is 1. The van der Waals surface area contributed by atoms with Gasteiger partial charge in [0.25, 0.3) is 5.91 Å². The van der Waals surface area contributed by atoms with E-state index in [0.717, 1.165) is 0 Å². The lowest BCUT2D eigenvalue weighted by molar-refractivity contribution is -0.157. The number of nitrogens with one attached hydrogen (secondary N) is 1. The standard InChI is InChI=1S/C20H18N8O7S3/c29-13(30)3-35-26-14(10-4-36-9-21-10)16(31)23-15-17(32)27-5-20(19(33)34,7-38-18(15)27)6-37-12-2-1-11-24-22-8-28(11)25-12/h1-2,4,8-9,15,18H,3,5-7H2,(H,23,31)(H,29,30)(H,33,34)/t15?,18-,20?/m1/s1. The Labute approximate surface area is 225 Å². The number of fused-ring (bicyclic) bond motifs is 2. The van der Waals surface area contributed by atoms with Crippen LogP contribution in [0, 0.1) is 5.41 Å². The van der Waals surface area contributed by atoms with E-state index in [-0.39, 0.29) is 29.5 Å². The Bertz CT molecular complexity index is 1430. The molecule has 18 heteroatoms. The summed E-state index contributed by atoms with van der Waals surface area (Å²) >= 11 is 3.71. The van der Waals surface area contributed by atoms with Gasteiger partial charge in [-0.2, -0.15) is 9.61 Å². The van der Waals surface area contributed by atoms with Crippen LogP contribution >= 0.6 is 34.9 Å². The monoisotopic (exact) mass is 578 g/mol. The van der Waals surface area contributed by atoms with Crippen molar-refractivity contribution < 1.29 is 34.2 Å². The minimum atomic E-state index is -1.27. The highest BCUT2D eigenvalue weighted by atomic mass is 32.2. The van der Waals surface area contributed by atoms with Crippen LogP contribution in [0.4, 0.5) is 0 Å². The molecule has 5 rings (SSSR count). The van der Waals surface area contributed by atoms with Gasteiger partial charge in [0, 0.05) is 23.4 Å². The number of carbonyl (C=O) groups is 4. The summed E-state index contributed by atoms with van der Waals surface area (Å²) in [5, 5.41) is 38.7. The van der Waals surface area contributed by atoms with Gasteiger partial charge in [-0.05, 0) is 12.1 Å². The van der Waals surface area contributed by atoms with E-state index < -0.39 is 47.2 Å². The van der Waals surface area contributed by atoms with E-state index in [1.165, 1.54) is 61.5 Å². The number of thioether (sulfide) groups is 2. The van der Waals surface area contributed by atoms with Gasteiger partial charge in [0.2, 0.25) is 12.5 Å². The average Bonchev–Trinajstić information content (AvgIpc) is 3.60. The molecule has 2 amide bonds. The Hall–Kier alpha value is -3.77. The highest BCUT2D eigenvalue weighted by molar-refractivity contribution is 8.00. The first-order valence-corrected chi connectivity index (χ1v) is 13.8. The highest BCUT2D eigenvalue weighted by Gasteiger charge is 2.57. The van der Waals surface area contributed by atoms with E-state index in [1.807, 2.05) is 0 Å². The molecule has 2 aliphatic rings. The molecular weight excluding hydrogens is 560 g/mol. The molecule has 198 valence electrons. The lowest BCUT2D eigenvalue weighted by atomic mass is 9.89. The van der Waals surface area contributed by atoms with Crippen molar-refractivity contribution in [2.24, 2.45) is 10.6 Å². The van der Waals surface area contributed by atoms with Crippen LogP contribution in [0.5, 0.6) is 0 Å². The van der Waals surface area contributed by atoms with E-state index in [1.54, 1.807) is 12.1 Å². The molecule has 0 bridgehead atoms. The smallest absolute Gasteiger partial charge is 0.344 e. The molecule has 2 unspecified atom stereocenters. The van der Waals surface area contributed by atoms with Crippen molar-refractivity contribution in [2.45, 2.75) is 16.4 Å². The van der Waals surface area contributed by atoms with E-state index in [9.17, 15) is 24.3 Å². The zero-order valence-electron chi connectivity index (χ0n) is 19.2. The molecule has 0 radical (unpaired) electrons. The fourth-order valence-corrected chi connectivity index (χ4v) is 7.06. The third-order valence-corrected chi connectivity index (χ3v) is 9.14. The number of rotatable bonds is 10. The first-order valence-electron chi connectivity index (χ1n) is 10.8. The average molecular weight is 579 g/mol. The van der Waals surface area contributed by atoms with Gasteiger partial charge in [0.15, 0.2) is 11.4 Å². The third kappa shape index (κ3) is 5.01. The Morgan fingerprint density at radius 3 is 2.89 bits per heavy atom. The molecule has 2 aliphatic heterocycles. The van der Waals surface area contributed by atoms with E-state index in [2.05, 4.69) is 30.8 Å². The van der Waals surface area contributed by atoms with Gasteiger partial charge in [-0.3, -0.25) is 14.4 Å². The summed E-state index contributed by atoms with van der Waals surface area (Å²) in [6, 6.07) is 2.54. The number of amides is 2. The first kappa shape index (κ1) is 25.9. The van der Waals surface area contributed by atoms with Gasteiger partial charge in [0.1, 0.15) is 33.9 Å². The van der Waals surface area contributed by atoms with Gasteiger partial charge in [-0.1, -0.05) is 5.16 Å². The summed E-state index contributed by atoms with van der Waals surface area (Å²) in [7, 11) is 0. The number of carboxylic acids is 2. The Balaban J connectivity index is 1.24. The second-order valence-electron chi connectivity index (χ2n) is 8.28. The van der Waals surface area contributed by atoms with Crippen LogP contribution in [0.3, 0.4) is 0 Å². The molecule has 3 N–H and O–H groups in total. The molecule has 0 saturated carbocycles. The molecule has 2 fully saturated rings. The number of hydrogen-bond donors (Lipinski definition) is 3. The van der Waals surface area contributed by atoms with Gasteiger partial charge >= 0.3 is 11.9 Å². The number of oxime groups is 1. The first-order chi connectivity index (χ1) is 18.3. The normalized spacial score (nSPS) is 23.0. The number of β-lactam (4-membered cyclic amide) rings is 1.